The summed E-state index contributed by atoms with van der Waals surface area (Å²) in [5.74, 6) is -2.14. The zero-order chi connectivity index (χ0) is 13.6. The Kier molecular flexibility index (Phi) is 2.25. The van der Waals surface area contributed by atoms with E-state index in [1.54, 1.807) is 18.2 Å². The number of nitrogens with zero attached hydrogens (tertiary/aromatic N) is 1. The van der Waals surface area contributed by atoms with E-state index >= 15 is 0 Å². The number of carboxylic acid groups (broad SMARTS) is 2. The second-order valence-electron chi connectivity index (χ2n) is 4.09. The molecular formula is C13H8N2O4. The summed E-state index contributed by atoms with van der Waals surface area (Å²) in [7, 11) is 0. The van der Waals surface area contributed by atoms with Crippen LogP contribution in [0.15, 0.2) is 30.3 Å². The van der Waals surface area contributed by atoms with Gasteiger partial charge < -0.3 is 15.2 Å². The summed E-state index contributed by atoms with van der Waals surface area (Å²) in [6.07, 6.45) is 0. The second kappa shape index (κ2) is 3.81. The molecule has 94 valence electrons. The number of carboxylic acids is 2. The van der Waals surface area contributed by atoms with E-state index in [2.05, 4.69) is 9.97 Å². The van der Waals surface area contributed by atoms with Crippen LogP contribution in [0.2, 0.25) is 0 Å². The van der Waals surface area contributed by atoms with E-state index in [4.69, 9.17) is 10.2 Å². The lowest BCUT2D eigenvalue weighted by Crippen LogP contribution is -1.99. The smallest absolute Gasteiger partial charge is 0.354 e. The van der Waals surface area contributed by atoms with Gasteiger partial charge in [-0.15, -0.1) is 0 Å². The largest absolute Gasteiger partial charge is 0.477 e. The fourth-order valence-electron chi connectivity index (χ4n) is 2.04. The zero-order valence-corrected chi connectivity index (χ0v) is 9.54. The van der Waals surface area contributed by atoms with Gasteiger partial charge in [-0.3, -0.25) is 0 Å². The third-order valence-corrected chi connectivity index (χ3v) is 2.91. The number of nitrogens with one attached hydrogen (secondary N) is 1. The topological polar surface area (TPSA) is 103 Å². The van der Waals surface area contributed by atoms with E-state index in [1.807, 2.05) is 0 Å². The minimum Gasteiger partial charge on any atom is -0.477 e. The number of aromatic carboxylic acids is 2. The Morgan fingerprint density at radius 1 is 1.05 bits per heavy atom. The van der Waals surface area contributed by atoms with Crippen molar-refractivity contribution < 1.29 is 19.8 Å². The predicted molar refractivity (Wildman–Crippen MR) is 67.5 cm³/mol. The Morgan fingerprint density at radius 3 is 2.53 bits per heavy atom. The zero-order valence-electron chi connectivity index (χ0n) is 9.54. The lowest BCUT2D eigenvalue weighted by atomic mass is 10.1. The summed E-state index contributed by atoms with van der Waals surface area (Å²) in [4.78, 5) is 28.6. The molecular weight excluding hydrogens is 248 g/mol. The van der Waals surface area contributed by atoms with Gasteiger partial charge in [0.1, 0.15) is 11.4 Å². The molecule has 0 aliphatic heterocycles. The van der Waals surface area contributed by atoms with Gasteiger partial charge in [0.15, 0.2) is 0 Å². The highest BCUT2D eigenvalue weighted by atomic mass is 16.4. The minimum absolute atomic E-state index is 0.0446. The van der Waals surface area contributed by atoms with Crippen molar-refractivity contribution in [2.24, 2.45) is 0 Å². The first-order chi connectivity index (χ1) is 9.06. The van der Waals surface area contributed by atoms with Crippen molar-refractivity contribution >= 4 is 33.7 Å². The van der Waals surface area contributed by atoms with Crippen molar-refractivity contribution in [1.82, 2.24) is 9.97 Å². The first-order valence-corrected chi connectivity index (χ1v) is 5.45. The first-order valence-electron chi connectivity index (χ1n) is 5.45. The summed E-state index contributed by atoms with van der Waals surface area (Å²) >= 11 is 0. The van der Waals surface area contributed by atoms with Gasteiger partial charge in [0.2, 0.25) is 0 Å². The molecule has 0 aliphatic rings. The van der Waals surface area contributed by atoms with Crippen LogP contribution < -0.4 is 0 Å². The lowest BCUT2D eigenvalue weighted by Gasteiger charge is -2.00. The summed E-state index contributed by atoms with van der Waals surface area (Å²) in [5, 5.41) is 19.3. The van der Waals surface area contributed by atoms with Gasteiger partial charge in [0.25, 0.3) is 0 Å². The highest BCUT2D eigenvalue weighted by Gasteiger charge is 2.11. The van der Waals surface area contributed by atoms with Gasteiger partial charge in [0.05, 0.1) is 11.0 Å². The van der Waals surface area contributed by atoms with Crippen LogP contribution in [0.5, 0.6) is 0 Å². The number of aromatic nitrogens is 2. The van der Waals surface area contributed by atoms with E-state index < -0.39 is 11.9 Å². The van der Waals surface area contributed by atoms with Gasteiger partial charge in [-0.1, -0.05) is 6.07 Å². The van der Waals surface area contributed by atoms with Crippen LogP contribution in [-0.2, 0) is 0 Å². The fraction of sp³-hybridized carbons (Fsp3) is 0. The summed E-state index contributed by atoms with van der Waals surface area (Å²) in [5.41, 5.74) is 1.19. The Hall–Kier alpha value is -2.89. The monoisotopic (exact) mass is 256 g/mol. The van der Waals surface area contributed by atoms with Crippen LogP contribution >= 0.6 is 0 Å². The average Bonchev–Trinajstić information content (AvgIpc) is 2.82. The van der Waals surface area contributed by atoms with Crippen molar-refractivity contribution in [2.75, 3.05) is 0 Å². The maximum atomic E-state index is 10.9. The molecule has 0 bridgehead atoms. The molecule has 0 saturated heterocycles. The molecule has 0 saturated carbocycles. The number of aromatic amines is 1. The predicted octanol–water partition coefficient (Wildman–Crippen LogP) is 2.11. The average molecular weight is 256 g/mol. The number of fused-ring (bicyclic) bond motifs is 3. The van der Waals surface area contributed by atoms with Crippen LogP contribution in [0.4, 0.5) is 0 Å². The van der Waals surface area contributed by atoms with Crippen molar-refractivity contribution in [2.45, 2.75) is 0 Å². The van der Waals surface area contributed by atoms with Crippen LogP contribution in [0.3, 0.4) is 0 Å². The highest BCUT2D eigenvalue weighted by molar-refractivity contribution is 6.07. The molecule has 0 amide bonds. The molecule has 1 aromatic carbocycles. The quantitative estimate of drug-likeness (QED) is 0.651. The molecule has 0 atom stereocenters. The molecule has 0 unspecified atom stereocenters. The molecule has 2 aromatic heterocycles. The Morgan fingerprint density at radius 2 is 1.84 bits per heavy atom. The maximum Gasteiger partial charge on any atom is 0.354 e. The number of carbonyl (C=O) groups is 2. The van der Waals surface area contributed by atoms with E-state index in [-0.39, 0.29) is 11.4 Å². The third kappa shape index (κ3) is 1.70. The van der Waals surface area contributed by atoms with E-state index in [9.17, 15) is 9.59 Å². The van der Waals surface area contributed by atoms with Crippen LogP contribution in [0, 0.1) is 0 Å². The molecule has 0 spiro atoms. The molecule has 0 aliphatic carbocycles. The van der Waals surface area contributed by atoms with Crippen molar-refractivity contribution in [1.29, 1.82) is 0 Å². The molecule has 2 heterocycles. The molecule has 3 rings (SSSR count). The summed E-state index contributed by atoms with van der Waals surface area (Å²) < 4.78 is 0. The molecule has 3 aromatic rings. The van der Waals surface area contributed by atoms with Crippen LogP contribution in [-0.4, -0.2) is 32.1 Å². The molecule has 6 heteroatoms. The van der Waals surface area contributed by atoms with Crippen molar-refractivity contribution in [3.8, 4) is 0 Å². The first kappa shape index (κ1) is 11.2. The number of benzene rings is 1. The molecule has 3 N–H and O–H groups in total. The Labute approximate surface area is 106 Å². The number of rotatable bonds is 2. The van der Waals surface area contributed by atoms with Crippen LogP contribution in [0.25, 0.3) is 21.8 Å². The standard InChI is InChI=1S/C13H8N2O4/c16-12(17)9-4-2-7-8(14-9)3-1-6-5-10(13(18)19)15-11(6)7/h1-5,15H,(H,16,17)(H,18,19). The van der Waals surface area contributed by atoms with E-state index in [0.717, 1.165) is 5.39 Å². The second-order valence-corrected chi connectivity index (χ2v) is 4.09. The van der Waals surface area contributed by atoms with E-state index in [1.165, 1.54) is 12.1 Å². The highest BCUT2D eigenvalue weighted by Crippen LogP contribution is 2.24. The van der Waals surface area contributed by atoms with Gasteiger partial charge >= 0.3 is 11.9 Å². The molecule has 6 nitrogen and oxygen atoms in total. The van der Waals surface area contributed by atoms with E-state index in [0.29, 0.717) is 16.4 Å². The Balaban J connectivity index is 2.33. The maximum absolute atomic E-state index is 10.9. The van der Waals surface area contributed by atoms with Crippen LogP contribution in [0.1, 0.15) is 21.0 Å². The minimum atomic E-state index is -1.10. The molecule has 19 heavy (non-hydrogen) atoms. The molecule has 0 fully saturated rings. The van der Waals surface area contributed by atoms with Gasteiger partial charge in [-0.2, -0.15) is 0 Å². The fourth-order valence-corrected chi connectivity index (χ4v) is 2.04. The Bertz CT molecular complexity index is 835. The molecule has 0 radical (unpaired) electrons. The van der Waals surface area contributed by atoms with Crippen molar-refractivity contribution in [3.63, 3.8) is 0 Å². The van der Waals surface area contributed by atoms with Crippen molar-refractivity contribution in [3.05, 3.63) is 41.7 Å². The number of hydrogen-bond acceptors (Lipinski definition) is 3. The van der Waals surface area contributed by atoms with Gasteiger partial charge in [-0.05, 0) is 24.3 Å². The number of pyridine rings is 1. The summed E-state index contributed by atoms with van der Waals surface area (Å²) in [6.45, 7) is 0. The normalized spacial score (nSPS) is 10.9. The summed E-state index contributed by atoms with van der Waals surface area (Å²) in [6, 6.07) is 7.92. The number of hydrogen-bond donors (Lipinski definition) is 3. The number of H-pyrrole nitrogens is 1. The third-order valence-electron chi connectivity index (χ3n) is 2.91. The van der Waals surface area contributed by atoms with Gasteiger partial charge in [0, 0.05) is 10.8 Å². The lowest BCUT2D eigenvalue weighted by molar-refractivity contribution is 0.0680. The SMILES string of the molecule is O=C(O)c1ccc2c(ccc3cc(C(=O)O)[nH]c32)n1. The van der Waals surface area contributed by atoms with Gasteiger partial charge in [-0.25, -0.2) is 14.6 Å².